The lowest BCUT2D eigenvalue weighted by Crippen LogP contribution is -2.40. The molecule has 0 spiro atoms. The molecule has 4 N–H and O–H groups in total. The molecule has 1 unspecified atom stereocenters. The Balaban J connectivity index is 2.14. The van der Waals surface area contributed by atoms with Gasteiger partial charge in [0.1, 0.15) is 36.2 Å². The fraction of sp³-hybridized carbons (Fsp3) is 0.533. The van der Waals surface area contributed by atoms with Gasteiger partial charge in [-0.3, -0.25) is 0 Å². The van der Waals surface area contributed by atoms with Gasteiger partial charge in [0.05, 0.1) is 12.3 Å². The standard InChI is InChI=1S/C15H19N5O4/c1-8(2)19-14-9-3-4-11(20(9)18-7-17-14)15(6-16)13(23)12(22)10(5-21)24-15/h3-4,7-8,10,12-13,21-23H,5H2,1-2H3,(H,17,18,19)/t10?,12-,13-,15+/m1/s1. The number of ether oxygens (including phenoxy) is 1. The molecule has 1 saturated heterocycles. The Labute approximate surface area is 138 Å². The Morgan fingerprint density at radius 2 is 2.21 bits per heavy atom. The van der Waals surface area contributed by atoms with Crippen molar-refractivity contribution in [2.24, 2.45) is 0 Å². The molecule has 2 aromatic heterocycles. The summed E-state index contributed by atoms with van der Waals surface area (Å²) in [7, 11) is 0. The van der Waals surface area contributed by atoms with Gasteiger partial charge in [-0.25, -0.2) is 9.50 Å². The van der Waals surface area contributed by atoms with Crippen LogP contribution >= 0.6 is 0 Å². The van der Waals surface area contributed by atoms with Crippen LogP contribution in [0, 0.1) is 11.3 Å². The number of aromatic nitrogens is 3. The van der Waals surface area contributed by atoms with E-state index < -0.39 is 30.5 Å². The van der Waals surface area contributed by atoms with Crippen molar-refractivity contribution in [1.29, 1.82) is 5.26 Å². The number of nitrogens with zero attached hydrogens (tertiary/aromatic N) is 4. The van der Waals surface area contributed by atoms with Crippen LogP contribution in [0.4, 0.5) is 5.82 Å². The van der Waals surface area contributed by atoms with Crippen molar-refractivity contribution >= 4 is 11.3 Å². The summed E-state index contributed by atoms with van der Waals surface area (Å²) in [4.78, 5) is 4.18. The average molecular weight is 333 g/mol. The molecule has 1 fully saturated rings. The van der Waals surface area contributed by atoms with Crippen LogP contribution < -0.4 is 5.32 Å². The average Bonchev–Trinajstić information content (AvgIpc) is 3.09. The monoisotopic (exact) mass is 333 g/mol. The number of fused-ring (bicyclic) bond motifs is 1. The van der Waals surface area contributed by atoms with Gasteiger partial charge in [-0.15, -0.1) is 0 Å². The van der Waals surface area contributed by atoms with Crippen molar-refractivity contribution in [3.63, 3.8) is 0 Å². The third kappa shape index (κ3) is 2.32. The third-order valence-corrected chi connectivity index (χ3v) is 4.06. The molecule has 3 heterocycles. The quantitative estimate of drug-likeness (QED) is 0.581. The highest BCUT2D eigenvalue weighted by atomic mass is 16.6. The van der Waals surface area contributed by atoms with Gasteiger partial charge in [0, 0.05) is 6.04 Å². The minimum absolute atomic E-state index is 0.140. The van der Waals surface area contributed by atoms with Crippen LogP contribution in [0.25, 0.3) is 5.52 Å². The molecule has 1 aliphatic heterocycles. The molecule has 2 aromatic rings. The number of nitrogens with one attached hydrogen (secondary N) is 1. The second-order valence-corrected chi connectivity index (χ2v) is 6.05. The predicted molar refractivity (Wildman–Crippen MR) is 83.0 cm³/mol. The van der Waals surface area contributed by atoms with E-state index in [0.29, 0.717) is 11.3 Å². The lowest BCUT2D eigenvalue weighted by atomic mass is 9.92. The number of rotatable bonds is 4. The molecule has 1 aliphatic rings. The van der Waals surface area contributed by atoms with E-state index in [4.69, 9.17) is 4.74 Å². The van der Waals surface area contributed by atoms with Crippen molar-refractivity contribution in [3.8, 4) is 6.07 Å². The van der Waals surface area contributed by atoms with Gasteiger partial charge in [0.2, 0.25) is 5.60 Å². The van der Waals surface area contributed by atoms with Gasteiger partial charge in [-0.1, -0.05) is 0 Å². The maximum atomic E-state index is 10.4. The fourth-order valence-electron chi connectivity index (χ4n) is 2.93. The second kappa shape index (κ2) is 5.99. The van der Waals surface area contributed by atoms with Crippen LogP contribution in [-0.2, 0) is 10.3 Å². The number of hydrogen-bond acceptors (Lipinski definition) is 8. The van der Waals surface area contributed by atoms with E-state index in [-0.39, 0.29) is 11.7 Å². The third-order valence-electron chi connectivity index (χ3n) is 4.06. The van der Waals surface area contributed by atoms with E-state index in [9.17, 15) is 20.6 Å². The summed E-state index contributed by atoms with van der Waals surface area (Å²) in [5, 5.41) is 46.7. The summed E-state index contributed by atoms with van der Waals surface area (Å²) in [6, 6.07) is 5.37. The molecule has 0 radical (unpaired) electrons. The minimum atomic E-state index is -1.83. The second-order valence-electron chi connectivity index (χ2n) is 6.05. The van der Waals surface area contributed by atoms with Crippen LogP contribution in [0.3, 0.4) is 0 Å². The summed E-state index contributed by atoms with van der Waals surface area (Å²) >= 11 is 0. The van der Waals surface area contributed by atoms with Gasteiger partial charge in [0.25, 0.3) is 0 Å². The highest BCUT2D eigenvalue weighted by molar-refractivity contribution is 5.68. The largest absolute Gasteiger partial charge is 0.394 e. The van der Waals surface area contributed by atoms with E-state index in [0.717, 1.165) is 0 Å². The Morgan fingerprint density at radius 1 is 1.46 bits per heavy atom. The van der Waals surface area contributed by atoms with Gasteiger partial charge < -0.3 is 25.4 Å². The Kier molecular flexibility index (Phi) is 4.15. The minimum Gasteiger partial charge on any atom is -0.394 e. The number of aliphatic hydroxyl groups is 3. The number of hydrogen-bond donors (Lipinski definition) is 4. The molecule has 0 bridgehead atoms. The lowest BCUT2D eigenvalue weighted by Gasteiger charge is -2.24. The van der Waals surface area contributed by atoms with E-state index in [1.165, 1.54) is 10.8 Å². The molecule has 4 atom stereocenters. The van der Waals surface area contributed by atoms with Crippen molar-refractivity contribution in [3.05, 3.63) is 24.2 Å². The molecule has 9 heteroatoms. The molecule has 3 rings (SSSR count). The molecule has 128 valence electrons. The molecule has 0 amide bonds. The SMILES string of the molecule is CC(C)Nc1ncnn2c([C@]3(C#N)OC(CO)[C@@H](O)[C@H]3O)ccc12. The topological polar surface area (TPSA) is 136 Å². The first kappa shape index (κ1) is 16.6. The van der Waals surface area contributed by atoms with E-state index in [1.807, 2.05) is 19.9 Å². The highest BCUT2D eigenvalue weighted by Crippen LogP contribution is 2.40. The Hall–Kier alpha value is -2.25. The van der Waals surface area contributed by atoms with Gasteiger partial charge in [0.15, 0.2) is 5.82 Å². The first-order chi connectivity index (χ1) is 11.4. The fourth-order valence-corrected chi connectivity index (χ4v) is 2.93. The van der Waals surface area contributed by atoms with Crippen LogP contribution in [0.15, 0.2) is 18.5 Å². The van der Waals surface area contributed by atoms with E-state index in [1.54, 1.807) is 12.1 Å². The summed E-state index contributed by atoms with van der Waals surface area (Å²) in [6.07, 6.45) is -2.63. The summed E-state index contributed by atoms with van der Waals surface area (Å²) in [6.45, 7) is 3.41. The molecule has 24 heavy (non-hydrogen) atoms. The summed E-state index contributed by atoms with van der Waals surface area (Å²) in [5.41, 5.74) is -0.965. The predicted octanol–water partition coefficient (Wildman–Crippen LogP) is -0.619. The van der Waals surface area contributed by atoms with Crippen LogP contribution in [0.2, 0.25) is 0 Å². The molecular weight excluding hydrogens is 314 g/mol. The van der Waals surface area contributed by atoms with E-state index in [2.05, 4.69) is 15.4 Å². The summed E-state index contributed by atoms with van der Waals surface area (Å²) in [5.74, 6) is 0.575. The van der Waals surface area contributed by atoms with Crippen molar-refractivity contribution < 1.29 is 20.1 Å². The van der Waals surface area contributed by atoms with Crippen molar-refractivity contribution in [2.45, 2.75) is 43.8 Å². The van der Waals surface area contributed by atoms with Crippen LogP contribution in [0.5, 0.6) is 0 Å². The first-order valence-corrected chi connectivity index (χ1v) is 7.60. The maximum Gasteiger partial charge on any atom is 0.225 e. The first-order valence-electron chi connectivity index (χ1n) is 7.60. The van der Waals surface area contributed by atoms with Crippen molar-refractivity contribution in [1.82, 2.24) is 14.6 Å². The van der Waals surface area contributed by atoms with Gasteiger partial charge in [-0.05, 0) is 26.0 Å². The number of nitriles is 1. The normalized spacial score (nSPS) is 30.0. The lowest BCUT2D eigenvalue weighted by molar-refractivity contribution is -0.0643. The van der Waals surface area contributed by atoms with Crippen LogP contribution in [-0.4, -0.2) is 60.9 Å². The molecular formula is C15H19N5O4. The number of aliphatic hydroxyl groups excluding tert-OH is 3. The zero-order valence-corrected chi connectivity index (χ0v) is 13.3. The van der Waals surface area contributed by atoms with Crippen LogP contribution in [0.1, 0.15) is 19.5 Å². The molecule has 0 aliphatic carbocycles. The zero-order valence-electron chi connectivity index (χ0n) is 13.3. The Morgan fingerprint density at radius 3 is 2.79 bits per heavy atom. The zero-order chi connectivity index (χ0) is 17.5. The van der Waals surface area contributed by atoms with E-state index >= 15 is 0 Å². The highest BCUT2D eigenvalue weighted by Gasteiger charge is 2.57. The smallest absolute Gasteiger partial charge is 0.225 e. The molecule has 0 saturated carbocycles. The number of anilines is 1. The van der Waals surface area contributed by atoms with Gasteiger partial charge >= 0.3 is 0 Å². The maximum absolute atomic E-state index is 10.4. The van der Waals surface area contributed by atoms with Gasteiger partial charge in [-0.2, -0.15) is 10.4 Å². The Bertz CT molecular complexity index is 786. The molecule has 9 nitrogen and oxygen atoms in total. The summed E-state index contributed by atoms with van der Waals surface area (Å²) < 4.78 is 6.97. The molecule has 0 aromatic carbocycles. The van der Waals surface area contributed by atoms with Crippen molar-refractivity contribution in [2.75, 3.05) is 11.9 Å².